The van der Waals surface area contributed by atoms with Gasteiger partial charge in [-0.15, -0.1) is 0 Å². The summed E-state index contributed by atoms with van der Waals surface area (Å²) in [4.78, 5) is 13.6. The molecule has 0 bridgehead atoms. The van der Waals surface area contributed by atoms with Gasteiger partial charge >= 0.3 is 0 Å². The Balaban J connectivity index is 2.92. The van der Waals surface area contributed by atoms with Crippen molar-refractivity contribution >= 4 is 5.91 Å². The van der Waals surface area contributed by atoms with Crippen LogP contribution < -0.4 is 0 Å². The molecule has 0 aliphatic rings. The van der Waals surface area contributed by atoms with Gasteiger partial charge in [-0.1, -0.05) is 0 Å². The molecule has 4 nitrogen and oxygen atoms in total. The molecule has 1 aromatic rings. The van der Waals surface area contributed by atoms with E-state index in [4.69, 9.17) is 0 Å². The molecule has 0 unspecified atom stereocenters. The number of aliphatic hydroxyl groups excluding tert-OH is 1. The quantitative estimate of drug-likeness (QED) is 0.804. The molecule has 1 N–H and O–H groups in total. The van der Waals surface area contributed by atoms with Crippen LogP contribution in [0.3, 0.4) is 0 Å². The van der Waals surface area contributed by atoms with Gasteiger partial charge in [0.25, 0.3) is 5.91 Å². The van der Waals surface area contributed by atoms with E-state index in [2.05, 4.69) is 0 Å². The first-order chi connectivity index (χ1) is 6.90. The minimum Gasteiger partial charge on any atom is -0.394 e. The molecule has 0 atom stereocenters. The maximum absolute atomic E-state index is 12.0. The number of aryl methyl sites for hydroxylation is 1. The van der Waals surface area contributed by atoms with E-state index in [1.165, 1.54) is 0 Å². The summed E-state index contributed by atoms with van der Waals surface area (Å²) < 4.78 is 1.77. The Morgan fingerprint density at radius 2 is 2.20 bits per heavy atom. The van der Waals surface area contributed by atoms with Gasteiger partial charge in [0, 0.05) is 20.3 Å². The average molecular weight is 210 g/mol. The molecule has 0 fully saturated rings. The molecule has 0 saturated carbocycles. The molecule has 1 heterocycles. The van der Waals surface area contributed by atoms with Gasteiger partial charge in [0.2, 0.25) is 0 Å². The van der Waals surface area contributed by atoms with Gasteiger partial charge in [0.15, 0.2) is 0 Å². The van der Waals surface area contributed by atoms with Gasteiger partial charge in [0.05, 0.1) is 12.1 Å². The van der Waals surface area contributed by atoms with E-state index in [0.717, 1.165) is 0 Å². The molecule has 1 rings (SSSR count). The molecule has 4 heteroatoms. The standard InChI is InChI=1S/C11H18N2O2/c1-11(2,8-14)13(4)10(15)9-6-5-7-12(9)3/h5-7,14H,8H2,1-4H3. The molecule has 1 amide bonds. The van der Waals surface area contributed by atoms with Crippen molar-refractivity contribution in [2.45, 2.75) is 19.4 Å². The summed E-state index contributed by atoms with van der Waals surface area (Å²) in [6, 6.07) is 3.60. The van der Waals surface area contributed by atoms with Crippen molar-refractivity contribution in [1.82, 2.24) is 9.47 Å². The summed E-state index contributed by atoms with van der Waals surface area (Å²) in [5.41, 5.74) is 0.0838. The first kappa shape index (κ1) is 11.8. The molecule has 0 radical (unpaired) electrons. The van der Waals surface area contributed by atoms with Crippen LogP contribution >= 0.6 is 0 Å². The van der Waals surface area contributed by atoms with E-state index in [-0.39, 0.29) is 12.5 Å². The number of amides is 1. The molecule has 0 spiro atoms. The number of carbonyl (C=O) groups is 1. The molecule has 84 valence electrons. The van der Waals surface area contributed by atoms with Crippen molar-refractivity contribution in [2.75, 3.05) is 13.7 Å². The molecular weight excluding hydrogens is 192 g/mol. The highest BCUT2D eigenvalue weighted by Crippen LogP contribution is 2.15. The van der Waals surface area contributed by atoms with Gasteiger partial charge in [-0.3, -0.25) is 4.79 Å². The second-order valence-corrected chi connectivity index (χ2v) is 4.34. The second-order valence-electron chi connectivity index (χ2n) is 4.34. The fraction of sp³-hybridized carbons (Fsp3) is 0.545. The lowest BCUT2D eigenvalue weighted by molar-refractivity contribution is 0.0464. The van der Waals surface area contributed by atoms with Gasteiger partial charge in [0.1, 0.15) is 5.69 Å². The summed E-state index contributed by atoms with van der Waals surface area (Å²) in [6.45, 7) is 3.60. The fourth-order valence-corrected chi connectivity index (χ4v) is 1.24. The highest BCUT2D eigenvalue weighted by atomic mass is 16.3. The third kappa shape index (κ3) is 2.21. The molecule has 1 aromatic heterocycles. The number of aromatic nitrogens is 1. The Morgan fingerprint density at radius 1 is 1.60 bits per heavy atom. The van der Waals surface area contributed by atoms with Crippen molar-refractivity contribution in [3.8, 4) is 0 Å². The van der Waals surface area contributed by atoms with Crippen LogP contribution in [0.25, 0.3) is 0 Å². The number of carbonyl (C=O) groups excluding carboxylic acids is 1. The summed E-state index contributed by atoms with van der Waals surface area (Å²) in [6.07, 6.45) is 1.83. The summed E-state index contributed by atoms with van der Waals surface area (Å²) in [5, 5.41) is 9.18. The number of rotatable bonds is 3. The van der Waals surface area contributed by atoms with E-state index in [9.17, 15) is 9.90 Å². The van der Waals surface area contributed by atoms with E-state index >= 15 is 0 Å². The Morgan fingerprint density at radius 3 is 2.60 bits per heavy atom. The lowest BCUT2D eigenvalue weighted by Gasteiger charge is -2.33. The zero-order valence-electron chi connectivity index (χ0n) is 9.69. The fourth-order valence-electron chi connectivity index (χ4n) is 1.24. The molecule has 15 heavy (non-hydrogen) atoms. The number of nitrogens with zero attached hydrogens (tertiary/aromatic N) is 2. The smallest absolute Gasteiger partial charge is 0.270 e. The first-order valence-corrected chi connectivity index (χ1v) is 4.90. The van der Waals surface area contributed by atoms with Crippen LogP contribution in [0.1, 0.15) is 24.3 Å². The minimum absolute atomic E-state index is 0.0559. The Bertz CT molecular complexity index is 355. The van der Waals surface area contributed by atoms with Crippen LogP contribution in [0.5, 0.6) is 0 Å². The van der Waals surface area contributed by atoms with E-state index in [1.807, 2.05) is 33.2 Å². The van der Waals surface area contributed by atoms with Crippen LogP contribution in [0, 0.1) is 0 Å². The monoisotopic (exact) mass is 210 g/mol. The van der Waals surface area contributed by atoms with Gasteiger partial charge < -0.3 is 14.6 Å². The lowest BCUT2D eigenvalue weighted by atomic mass is 10.0. The predicted octanol–water partition coefficient (Wildman–Crippen LogP) is 0.868. The normalized spacial score (nSPS) is 11.5. The minimum atomic E-state index is -0.540. The molecule has 0 aliphatic heterocycles. The van der Waals surface area contributed by atoms with E-state index in [0.29, 0.717) is 5.69 Å². The Kier molecular flexibility index (Phi) is 3.19. The van der Waals surface area contributed by atoms with Crippen molar-refractivity contribution in [3.63, 3.8) is 0 Å². The molecular formula is C11H18N2O2. The topological polar surface area (TPSA) is 45.5 Å². The zero-order valence-corrected chi connectivity index (χ0v) is 9.69. The number of hydrogen-bond acceptors (Lipinski definition) is 2. The first-order valence-electron chi connectivity index (χ1n) is 4.90. The van der Waals surface area contributed by atoms with Crippen LogP contribution in [0.4, 0.5) is 0 Å². The third-order valence-electron chi connectivity index (χ3n) is 2.76. The largest absolute Gasteiger partial charge is 0.394 e. The van der Waals surface area contributed by atoms with E-state index in [1.54, 1.807) is 22.6 Å². The maximum Gasteiger partial charge on any atom is 0.270 e. The van der Waals surface area contributed by atoms with Gasteiger partial charge in [-0.25, -0.2) is 0 Å². The highest BCUT2D eigenvalue weighted by Gasteiger charge is 2.28. The average Bonchev–Trinajstić information content (AvgIpc) is 2.62. The van der Waals surface area contributed by atoms with Crippen molar-refractivity contribution in [3.05, 3.63) is 24.0 Å². The molecule has 0 aliphatic carbocycles. The third-order valence-corrected chi connectivity index (χ3v) is 2.76. The second kappa shape index (κ2) is 4.06. The van der Waals surface area contributed by atoms with Crippen molar-refractivity contribution in [1.29, 1.82) is 0 Å². The van der Waals surface area contributed by atoms with Gasteiger partial charge in [-0.05, 0) is 26.0 Å². The van der Waals surface area contributed by atoms with Crippen molar-refractivity contribution in [2.24, 2.45) is 7.05 Å². The summed E-state index contributed by atoms with van der Waals surface area (Å²) in [5.74, 6) is -0.0819. The molecule has 0 saturated heterocycles. The van der Waals surface area contributed by atoms with Gasteiger partial charge in [-0.2, -0.15) is 0 Å². The number of likely N-dealkylation sites (N-methyl/N-ethyl adjacent to an activating group) is 1. The Labute approximate surface area is 90.1 Å². The number of hydrogen-bond donors (Lipinski definition) is 1. The van der Waals surface area contributed by atoms with Crippen LogP contribution in [0.15, 0.2) is 18.3 Å². The Hall–Kier alpha value is -1.29. The van der Waals surface area contributed by atoms with E-state index < -0.39 is 5.54 Å². The highest BCUT2D eigenvalue weighted by molar-refractivity contribution is 5.93. The maximum atomic E-state index is 12.0. The molecule has 0 aromatic carbocycles. The number of aliphatic hydroxyl groups is 1. The predicted molar refractivity (Wildman–Crippen MR) is 58.7 cm³/mol. The summed E-state index contributed by atoms with van der Waals surface area (Å²) in [7, 11) is 3.53. The SMILES string of the molecule is CN(C(=O)c1cccn1C)C(C)(C)CO. The van der Waals surface area contributed by atoms with Crippen LogP contribution in [-0.4, -0.2) is 39.7 Å². The zero-order chi connectivity index (χ0) is 11.6. The van der Waals surface area contributed by atoms with Crippen LogP contribution in [0.2, 0.25) is 0 Å². The lowest BCUT2D eigenvalue weighted by Crippen LogP contribution is -2.48. The van der Waals surface area contributed by atoms with Crippen molar-refractivity contribution < 1.29 is 9.90 Å². The summed E-state index contributed by atoms with van der Waals surface area (Å²) >= 11 is 0. The van der Waals surface area contributed by atoms with Crippen LogP contribution in [-0.2, 0) is 7.05 Å².